The molecule has 1 heterocycles. The predicted molar refractivity (Wildman–Crippen MR) is 94.6 cm³/mol. The highest BCUT2D eigenvalue weighted by atomic mass is 16.1. The zero-order valence-corrected chi connectivity index (χ0v) is 14.0. The van der Waals surface area contributed by atoms with E-state index in [1.165, 1.54) is 11.1 Å². The lowest BCUT2D eigenvalue weighted by Gasteiger charge is -2.39. The van der Waals surface area contributed by atoms with Crippen LogP contribution in [0.15, 0.2) is 48.5 Å². The number of carbonyl (C=O) groups excluding carboxylic acids is 1. The van der Waals surface area contributed by atoms with Crippen molar-refractivity contribution in [3.8, 4) is 0 Å². The zero-order valence-electron chi connectivity index (χ0n) is 14.0. The van der Waals surface area contributed by atoms with E-state index in [1.54, 1.807) is 0 Å². The summed E-state index contributed by atoms with van der Waals surface area (Å²) in [6.45, 7) is 6.32. The molecule has 0 radical (unpaired) electrons. The van der Waals surface area contributed by atoms with Crippen molar-refractivity contribution in [2.75, 3.05) is 5.32 Å². The molecule has 2 aromatic carbocycles. The molecule has 1 amide bonds. The Kier molecular flexibility index (Phi) is 4.22. The zero-order chi connectivity index (χ0) is 16.4. The fourth-order valence-corrected chi connectivity index (χ4v) is 3.32. The summed E-state index contributed by atoms with van der Waals surface area (Å²) in [5, 5.41) is 6.78. The second-order valence-corrected chi connectivity index (χ2v) is 6.83. The molecule has 0 saturated carbocycles. The molecule has 0 bridgehead atoms. The molecule has 1 aliphatic rings. The van der Waals surface area contributed by atoms with Gasteiger partial charge in [-0.05, 0) is 43.0 Å². The number of para-hydroxylation sites is 1. The topological polar surface area (TPSA) is 41.1 Å². The third kappa shape index (κ3) is 3.30. The summed E-state index contributed by atoms with van der Waals surface area (Å²) in [5.74, 6) is 0.0424. The van der Waals surface area contributed by atoms with Gasteiger partial charge in [-0.15, -0.1) is 0 Å². The van der Waals surface area contributed by atoms with Crippen molar-refractivity contribution in [1.82, 2.24) is 5.32 Å². The van der Waals surface area contributed by atoms with Crippen LogP contribution in [-0.2, 0) is 11.2 Å². The van der Waals surface area contributed by atoms with Crippen LogP contribution in [0.3, 0.4) is 0 Å². The summed E-state index contributed by atoms with van der Waals surface area (Å²) in [6.07, 6.45) is 1.48. The Morgan fingerprint density at radius 1 is 1.13 bits per heavy atom. The molecule has 0 fully saturated rings. The number of nitrogens with one attached hydrogen (secondary N) is 2. The van der Waals surface area contributed by atoms with Gasteiger partial charge in [-0.25, -0.2) is 0 Å². The van der Waals surface area contributed by atoms with Crippen molar-refractivity contribution in [1.29, 1.82) is 0 Å². The van der Waals surface area contributed by atoms with Crippen molar-refractivity contribution < 1.29 is 4.79 Å². The lowest BCUT2D eigenvalue weighted by Crippen LogP contribution is -2.47. The van der Waals surface area contributed by atoms with E-state index in [1.807, 2.05) is 25.1 Å². The van der Waals surface area contributed by atoms with E-state index in [0.717, 1.165) is 17.7 Å². The van der Waals surface area contributed by atoms with Gasteiger partial charge in [0.05, 0.1) is 6.04 Å². The number of hydrogen-bond acceptors (Lipinski definition) is 2. The van der Waals surface area contributed by atoms with E-state index in [9.17, 15) is 4.79 Å². The van der Waals surface area contributed by atoms with Crippen molar-refractivity contribution in [3.05, 3.63) is 65.2 Å². The van der Waals surface area contributed by atoms with Gasteiger partial charge in [-0.2, -0.15) is 0 Å². The first-order chi connectivity index (χ1) is 11.0. The van der Waals surface area contributed by atoms with Crippen LogP contribution < -0.4 is 10.6 Å². The van der Waals surface area contributed by atoms with Gasteiger partial charge < -0.3 is 10.6 Å². The molecule has 3 rings (SSSR count). The predicted octanol–water partition coefficient (Wildman–Crippen LogP) is 4.05. The van der Waals surface area contributed by atoms with Gasteiger partial charge >= 0.3 is 0 Å². The highest BCUT2D eigenvalue weighted by Gasteiger charge is 2.32. The number of rotatable bonds is 3. The van der Waals surface area contributed by atoms with Crippen LogP contribution in [0.2, 0.25) is 0 Å². The highest BCUT2D eigenvalue weighted by molar-refractivity contribution is 5.91. The minimum absolute atomic E-state index is 0.0148. The third-order valence-electron chi connectivity index (χ3n) is 4.40. The first kappa shape index (κ1) is 15.8. The molecule has 2 N–H and O–H groups in total. The number of fused-ring (bicyclic) bond motifs is 1. The summed E-state index contributed by atoms with van der Waals surface area (Å²) in [5.41, 5.74) is 4.70. The van der Waals surface area contributed by atoms with Crippen molar-refractivity contribution in [3.63, 3.8) is 0 Å². The number of amides is 1. The minimum Gasteiger partial charge on any atom is -0.326 e. The van der Waals surface area contributed by atoms with Gasteiger partial charge in [0.2, 0.25) is 5.91 Å². The monoisotopic (exact) mass is 308 g/mol. The maximum atomic E-state index is 11.9. The number of anilines is 1. The first-order valence-electron chi connectivity index (χ1n) is 8.24. The summed E-state index contributed by atoms with van der Waals surface area (Å²) >= 11 is 0. The number of benzene rings is 2. The van der Waals surface area contributed by atoms with E-state index >= 15 is 0 Å². The maximum absolute atomic E-state index is 11.9. The summed E-state index contributed by atoms with van der Waals surface area (Å²) in [4.78, 5) is 11.9. The highest BCUT2D eigenvalue weighted by Crippen LogP contribution is 2.37. The van der Waals surface area contributed by atoms with E-state index in [0.29, 0.717) is 6.42 Å². The molecule has 0 spiro atoms. The van der Waals surface area contributed by atoms with Gasteiger partial charge in [0.15, 0.2) is 0 Å². The molecule has 2 aromatic rings. The van der Waals surface area contributed by atoms with Gasteiger partial charge in [0, 0.05) is 17.6 Å². The Morgan fingerprint density at radius 2 is 1.78 bits per heavy atom. The van der Waals surface area contributed by atoms with E-state index < -0.39 is 0 Å². The average molecular weight is 308 g/mol. The molecule has 1 atom stereocenters. The van der Waals surface area contributed by atoms with Crippen LogP contribution in [0.5, 0.6) is 0 Å². The van der Waals surface area contributed by atoms with Gasteiger partial charge in [0.1, 0.15) is 0 Å². The van der Waals surface area contributed by atoms with Gasteiger partial charge in [-0.1, -0.05) is 49.4 Å². The number of carbonyl (C=O) groups is 1. The van der Waals surface area contributed by atoms with Gasteiger partial charge in [-0.3, -0.25) is 4.79 Å². The van der Waals surface area contributed by atoms with Crippen LogP contribution >= 0.6 is 0 Å². The molecule has 23 heavy (non-hydrogen) atoms. The molecular formula is C20H24N2O. The molecule has 0 aromatic heterocycles. The van der Waals surface area contributed by atoms with Crippen LogP contribution in [0.4, 0.5) is 5.69 Å². The standard InChI is InChI=1S/C20H24N2O/c1-4-18(23)21-17-12-8-7-11-16(17)19-15-10-6-5-9-14(15)13-20(2,3)22-19/h5-12,19,22H,4,13H2,1-3H3,(H,21,23). The lowest BCUT2D eigenvalue weighted by molar-refractivity contribution is -0.115. The quantitative estimate of drug-likeness (QED) is 0.898. The number of hydrogen-bond donors (Lipinski definition) is 2. The smallest absolute Gasteiger partial charge is 0.224 e. The summed E-state index contributed by atoms with van der Waals surface area (Å²) in [7, 11) is 0. The van der Waals surface area contributed by atoms with E-state index in [-0.39, 0.29) is 17.5 Å². The Hall–Kier alpha value is -2.13. The van der Waals surface area contributed by atoms with Crippen LogP contribution in [0.1, 0.15) is 49.9 Å². The molecule has 3 heteroatoms. The maximum Gasteiger partial charge on any atom is 0.224 e. The Morgan fingerprint density at radius 3 is 2.52 bits per heavy atom. The molecule has 0 aliphatic carbocycles. The second kappa shape index (κ2) is 6.17. The SMILES string of the molecule is CCC(=O)Nc1ccccc1C1NC(C)(C)Cc2ccccc21. The van der Waals surface area contributed by atoms with Crippen molar-refractivity contribution in [2.24, 2.45) is 0 Å². The Labute approximate surface area is 138 Å². The lowest BCUT2D eigenvalue weighted by atomic mass is 9.81. The Balaban J connectivity index is 2.06. The second-order valence-electron chi connectivity index (χ2n) is 6.83. The summed E-state index contributed by atoms with van der Waals surface area (Å²) < 4.78 is 0. The largest absolute Gasteiger partial charge is 0.326 e. The summed E-state index contributed by atoms with van der Waals surface area (Å²) in [6, 6.07) is 16.7. The average Bonchev–Trinajstić information content (AvgIpc) is 2.53. The van der Waals surface area contributed by atoms with Gasteiger partial charge in [0.25, 0.3) is 0 Å². The minimum atomic E-state index is 0.0148. The van der Waals surface area contributed by atoms with Crippen LogP contribution in [0.25, 0.3) is 0 Å². The first-order valence-corrected chi connectivity index (χ1v) is 8.24. The fourth-order valence-electron chi connectivity index (χ4n) is 3.32. The van der Waals surface area contributed by atoms with Crippen molar-refractivity contribution in [2.45, 2.75) is 45.2 Å². The molecular weight excluding hydrogens is 284 g/mol. The molecule has 120 valence electrons. The third-order valence-corrected chi connectivity index (χ3v) is 4.40. The molecule has 3 nitrogen and oxygen atoms in total. The Bertz CT molecular complexity index is 721. The molecule has 1 unspecified atom stereocenters. The van der Waals surface area contributed by atoms with Crippen LogP contribution in [0, 0.1) is 0 Å². The van der Waals surface area contributed by atoms with Crippen LogP contribution in [-0.4, -0.2) is 11.4 Å². The van der Waals surface area contributed by atoms with Crippen molar-refractivity contribution >= 4 is 11.6 Å². The van der Waals surface area contributed by atoms with E-state index in [2.05, 4.69) is 54.8 Å². The van der Waals surface area contributed by atoms with E-state index in [4.69, 9.17) is 0 Å². The fraction of sp³-hybridized carbons (Fsp3) is 0.350. The normalized spacial score (nSPS) is 19.0. The molecule has 0 saturated heterocycles. The molecule has 1 aliphatic heterocycles.